The largest absolute Gasteiger partial charge is 0.497 e. The molecule has 2 atom stereocenters. The van der Waals surface area contributed by atoms with Gasteiger partial charge in [-0.05, 0) is 30.5 Å². The van der Waals surface area contributed by atoms with Crippen molar-refractivity contribution in [1.82, 2.24) is 5.32 Å². The van der Waals surface area contributed by atoms with Gasteiger partial charge in [-0.1, -0.05) is 19.1 Å². The number of ether oxygens (including phenoxy) is 1. The minimum Gasteiger partial charge on any atom is -0.497 e. The standard InChI is InChI=1S/C15H21NO4S/c1-3-14(11-4-6-13(20-2)7-5-11)16-15(17)12-8-9-21(18,19)10-12/h4-7,12,14H,3,8-10H2,1-2H3,(H,16,17). The third-order valence-corrected chi connectivity index (χ3v) is 5.61. The van der Waals surface area contributed by atoms with Gasteiger partial charge >= 0.3 is 0 Å². The van der Waals surface area contributed by atoms with Gasteiger partial charge in [0.05, 0.1) is 30.6 Å². The molecule has 21 heavy (non-hydrogen) atoms. The number of amides is 1. The Morgan fingerprint density at radius 3 is 2.52 bits per heavy atom. The molecule has 1 aliphatic rings. The molecule has 1 aliphatic heterocycles. The average molecular weight is 311 g/mol. The van der Waals surface area contributed by atoms with Crippen molar-refractivity contribution in [3.63, 3.8) is 0 Å². The zero-order valence-corrected chi connectivity index (χ0v) is 13.2. The van der Waals surface area contributed by atoms with Crippen LogP contribution >= 0.6 is 0 Å². The van der Waals surface area contributed by atoms with Crippen LogP contribution in [0.5, 0.6) is 5.75 Å². The SMILES string of the molecule is CCC(NC(=O)C1CCS(=O)(=O)C1)c1ccc(OC)cc1. The Morgan fingerprint density at radius 1 is 1.38 bits per heavy atom. The van der Waals surface area contributed by atoms with Gasteiger partial charge in [0.15, 0.2) is 9.84 Å². The van der Waals surface area contributed by atoms with E-state index in [2.05, 4.69) is 5.32 Å². The Hall–Kier alpha value is -1.56. The molecule has 2 unspecified atom stereocenters. The highest BCUT2D eigenvalue weighted by Gasteiger charge is 2.33. The number of rotatable bonds is 5. The molecule has 1 amide bonds. The summed E-state index contributed by atoms with van der Waals surface area (Å²) >= 11 is 0. The molecule has 0 bridgehead atoms. The molecule has 0 radical (unpaired) electrons. The highest BCUT2D eigenvalue weighted by molar-refractivity contribution is 7.91. The van der Waals surface area contributed by atoms with Crippen LogP contribution in [0.3, 0.4) is 0 Å². The van der Waals surface area contributed by atoms with Crippen molar-refractivity contribution in [1.29, 1.82) is 0 Å². The monoisotopic (exact) mass is 311 g/mol. The van der Waals surface area contributed by atoms with Crippen LogP contribution in [0.1, 0.15) is 31.4 Å². The number of carbonyl (C=O) groups is 1. The Kier molecular flexibility index (Phi) is 4.88. The van der Waals surface area contributed by atoms with E-state index in [1.807, 2.05) is 31.2 Å². The fourth-order valence-electron chi connectivity index (χ4n) is 2.55. The molecule has 1 aromatic rings. The van der Waals surface area contributed by atoms with Crippen molar-refractivity contribution in [3.8, 4) is 5.75 Å². The number of benzene rings is 1. The van der Waals surface area contributed by atoms with Gasteiger partial charge in [0, 0.05) is 0 Å². The molecule has 116 valence electrons. The van der Waals surface area contributed by atoms with E-state index in [0.717, 1.165) is 17.7 Å². The van der Waals surface area contributed by atoms with Crippen molar-refractivity contribution < 1.29 is 17.9 Å². The summed E-state index contributed by atoms with van der Waals surface area (Å²) in [6.45, 7) is 1.99. The summed E-state index contributed by atoms with van der Waals surface area (Å²) in [5, 5.41) is 2.96. The first-order chi connectivity index (χ1) is 9.95. The van der Waals surface area contributed by atoms with E-state index in [9.17, 15) is 13.2 Å². The molecule has 1 saturated heterocycles. The van der Waals surface area contributed by atoms with Crippen LogP contribution in [0.4, 0.5) is 0 Å². The van der Waals surface area contributed by atoms with Crippen LogP contribution in [0.15, 0.2) is 24.3 Å². The molecule has 6 heteroatoms. The summed E-state index contributed by atoms with van der Waals surface area (Å²) in [5.41, 5.74) is 0.993. The molecule has 0 spiro atoms. The second-order valence-corrected chi connectivity index (χ2v) is 7.57. The van der Waals surface area contributed by atoms with Gasteiger partial charge < -0.3 is 10.1 Å². The van der Waals surface area contributed by atoms with Crippen LogP contribution < -0.4 is 10.1 Å². The minimum absolute atomic E-state index is 0.0299. The van der Waals surface area contributed by atoms with Crippen LogP contribution in [-0.2, 0) is 14.6 Å². The number of hydrogen-bond donors (Lipinski definition) is 1. The van der Waals surface area contributed by atoms with Gasteiger partial charge in [-0.3, -0.25) is 4.79 Å². The highest BCUT2D eigenvalue weighted by Crippen LogP contribution is 2.23. The van der Waals surface area contributed by atoms with Crippen LogP contribution in [0, 0.1) is 5.92 Å². The molecule has 5 nitrogen and oxygen atoms in total. The van der Waals surface area contributed by atoms with E-state index in [1.165, 1.54) is 0 Å². The normalized spacial score (nSPS) is 21.7. The summed E-state index contributed by atoms with van der Waals surface area (Å²) in [4.78, 5) is 12.2. The number of methoxy groups -OCH3 is 1. The second kappa shape index (κ2) is 6.47. The molecular formula is C15H21NO4S. The van der Waals surface area contributed by atoms with E-state index in [-0.39, 0.29) is 23.5 Å². The summed E-state index contributed by atoms with van der Waals surface area (Å²) in [6, 6.07) is 7.43. The van der Waals surface area contributed by atoms with Gasteiger partial charge in [-0.25, -0.2) is 8.42 Å². The first kappa shape index (κ1) is 15.8. The molecule has 1 aromatic carbocycles. The van der Waals surface area contributed by atoms with E-state index in [4.69, 9.17) is 4.74 Å². The van der Waals surface area contributed by atoms with Gasteiger partial charge in [0.2, 0.25) is 5.91 Å². The summed E-state index contributed by atoms with van der Waals surface area (Å²) in [5.74, 6) is 0.269. The highest BCUT2D eigenvalue weighted by atomic mass is 32.2. The van der Waals surface area contributed by atoms with E-state index < -0.39 is 15.8 Å². The van der Waals surface area contributed by atoms with Crippen LogP contribution in [0.2, 0.25) is 0 Å². The molecule has 0 saturated carbocycles. The van der Waals surface area contributed by atoms with Crippen LogP contribution in [-0.4, -0.2) is 32.9 Å². The third-order valence-electron chi connectivity index (χ3n) is 3.85. The second-order valence-electron chi connectivity index (χ2n) is 5.34. The Labute approximate surface area is 125 Å². The first-order valence-electron chi connectivity index (χ1n) is 7.10. The average Bonchev–Trinajstić information content (AvgIpc) is 2.85. The lowest BCUT2D eigenvalue weighted by Gasteiger charge is -2.19. The lowest BCUT2D eigenvalue weighted by atomic mass is 10.0. The molecule has 0 aromatic heterocycles. The number of sulfone groups is 1. The Bertz CT molecular complexity index is 595. The number of hydrogen-bond acceptors (Lipinski definition) is 4. The maximum absolute atomic E-state index is 12.2. The van der Waals surface area contributed by atoms with Gasteiger partial charge in [0.25, 0.3) is 0 Å². The van der Waals surface area contributed by atoms with E-state index in [0.29, 0.717) is 6.42 Å². The fourth-order valence-corrected chi connectivity index (χ4v) is 4.29. The number of nitrogens with one attached hydrogen (secondary N) is 1. The maximum atomic E-state index is 12.2. The lowest BCUT2D eigenvalue weighted by molar-refractivity contribution is -0.125. The predicted octanol–water partition coefficient (Wildman–Crippen LogP) is 1.70. The zero-order chi connectivity index (χ0) is 15.5. The van der Waals surface area contributed by atoms with E-state index >= 15 is 0 Å². The van der Waals surface area contributed by atoms with Crippen molar-refractivity contribution in [3.05, 3.63) is 29.8 Å². The molecule has 1 fully saturated rings. The Balaban J connectivity index is 2.03. The summed E-state index contributed by atoms with van der Waals surface area (Å²) in [6.07, 6.45) is 1.17. The minimum atomic E-state index is -3.03. The topological polar surface area (TPSA) is 72.5 Å². The Morgan fingerprint density at radius 2 is 2.05 bits per heavy atom. The summed E-state index contributed by atoms with van der Waals surface area (Å²) in [7, 11) is -1.43. The summed E-state index contributed by atoms with van der Waals surface area (Å²) < 4.78 is 28.0. The van der Waals surface area contributed by atoms with Crippen molar-refractivity contribution in [2.45, 2.75) is 25.8 Å². The molecule has 0 aliphatic carbocycles. The maximum Gasteiger partial charge on any atom is 0.224 e. The number of carbonyl (C=O) groups excluding carboxylic acids is 1. The van der Waals surface area contributed by atoms with Gasteiger partial charge in [-0.2, -0.15) is 0 Å². The quantitative estimate of drug-likeness (QED) is 0.898. The van der Waals surface area contributed by atoms with Crippen molar-refractivity contribution in [2.24, 2.45) is 5.92 Å². The first-order valence-corrected chi connectivity index (χ1v) is 8.92. The predicted molar refractivity (Wildman–Crippen MR) is 80.9 cm³/mol. The van der Waals surface area contributed by atoms with Gasteiger partial charge in [0.1, 0.15) is 5.75 Å². The molecular weight excluding hydrogens is 290 g/mol. The molecule has 1 heterocycles. The lowest BCUT2D eigenvalue weighted by Crippen LogP contribution is -2.34. The van der Waals surface area contributed by atoms with Crippen molar-refractivity contribution in [2.75, 3.05) is 18.6 Å². The van der Waals surface area contributed by atoms with Crippen LogP contribution in [0.25, 0.3) is 0 Å². The van der Waals surface area contributed by atoms with Gasteiger partial charge in [-0.15, -0.1) is 0 Å². The van der Waals surface area contributed by atoms with Crippen molar-refractivity contribution >= 4 is 15.7 Å². The molecule has 1 N–H and O–H groups in total. The smallest absolute Gasteiger partial charge is 0.224 e. The fraction of sp³-hybridized carbons (Fsp3) is 0.533. The third kappa shape index (κ3) is 3.97. The van der Waals surface area contributed by atoms with E-state index in [1.54, 1.807) is 7.11 Å². The molecule has 2 rings (SSSR count). The zero-order valence-electron chi connectivity index (χ0n) is 12.3.